The van der Waals surface area contributed by atoms with E-state index < -0.39 is 0 Å². The van der Waals surface area contributed by atoms with Crippen molar-refractivity contribution in [3.63, 3.8) is 0 Å². The predicted molar refractivity (Wildman–Crippen MR) is 80.4 cm³/mol. The van der Waals surface area contributed by atoms with Crippen molar-refractivity contribution in [3.8, 4) is 5.75 Å². The van der Waals surface area contributed by atoms with Gasteiger partial charge in [-0.2, -0.15) is 0 Å². The molecule has 0 aromatic heterocycles. The first kappa shape index (κ1) is 13.4. The first-order valence-electron chi connectivity index (χ1n) is 6.91. The highest BCUT2D eigenvalue weighted by Crippen LogP contribution is 2.35. The number of para-hydroxylation sites is 1. The summed E-state index contributed by atoms with van der Waals surface area (Å²) in [5.41, 5.74) is 2.55. The minimum Gasteiger partial charge on any atom is -0.489 e. The van der Waals surface area contributed by atoms with Gasteiger partial charge in [0, 0.05) is 12.0 Å². The minimum atomic E-state index is -0.312. The molecule has 106 valence electrons. The highest BCUT2D eigenvalue weighted by Gasteiger charge is 2.28. The summed E-state index contributed by atoms with van der Waals surface area (Å²) >= 11 is 0. The largest absolute Gasteiger partial charge is 0.489 e. The Morgan fingerprint density at radius 1 is 1.19 bits per heavy atom. The standard InChI is InChI=1S/C18H16O3/c1-2-11-20-16-10-6-5-9-15(16)17-12-13-7-3-4-8-14(13)18(19)21-17/h2-10,17H,1,11-12H2. The molecule has 0 fully saturated rings. The van der Waals surface area contributed by atoms with E-state index in [4.69, 9.17) is 9.47 Å². The number of rotatable bonds is 4. The normalized spacial score (nSPS) is 16.8. The number of cyclic esters (lactones) is 1. The summed E-state index contributed by atoms with van der Waals surface area (Å²) in [6, 6.07) is 15.2. The van der Waals surface area contributed by atoms with E-state index >= 15 is 0 Å². The molecule has 21 heavy (non-hydrogen) atoms. The van der Waals surface area contributed by atoms with Crippen LogP contribution < -0.4 is 4.74 Å². The summed E-state index contributed by atoms with van der Waals surface area (Å²) in [5, 5.41) is 0. The van der Waals surface area contributed by atoms with Gasteiger partial charge in [-0.25, -0.2) is 4.79 Å². The molecule has 0 bridgehead atoms. The fourth-order valence-corrected chi connectivity index (χ4v) is 2.53. The molecular weight excluding hydrogens is 264 g/mol. The number of ether oxygens (including phenoxy) is 2. The van der Waals surface area contributed by atoms with Gasteiger partial charge in [0.25, 0.3) is 0 Å². The summed E-state index contributed by atoms with van der Waals surface area (Å²) in [6.45, 7) is 4.07. The Bertz CT molecular complexity index is 676. The van der Waals surface area contributed by atoms with Crippen LogP contribution in [0.3, 0.4) is 0 Å². The van der Waals surface area contributed by atoms with Gasteiger partial charge in [-0.15, -0.1) is 0 Å². The summed E-state index contributed by atoms with van der Waals surface area (Å²) in [4.78, 5) is 12.1. The lowest BCUT2D eigenvalue weighted by atomic mass is 9.94. The van der Waals surface area contributed by atoms with Crippen LogP contribution in [0, 0.1) is 0 Å². The van der Waals surface area contributed by atoms with Gasteiger partial charge in [-0.1, -0.05) is 49.1 Å². The van der Waals surface area contributed by atoms with Crippen molar-refractivity contribution < 1.29 is 14.3 Å². The number of hydrogen-bond donors (Lipinski definition) is 0. The Labute approximate surface area is 123 Å². The first-order valence-corrected chi connectivity index (χ1v) is 6.91. The molecule has 1 heterocycles. The molecule has 1 aliphatic heterocycles. The van der Waals surface area contributed by atoms with E-state index in [1.165, 1.54) is 0 Å². The molecule has 1 aliphatic rings. The second kappa shape index (κ2) is 5.83. The Hall–Kier alpha value is -2.55. The van der Waals surface area contributed by atoms with Crippen molar-refractivity contribution in [2.75, 3.05) is 6.61 Å². The topological polar surface area (TPSA) is 35.5 Å². The highest BCUT2D eigenvalue weighted by molar-refractivity contribution is 5.92. The van der Waals surface area contributed by atoms with Crippen LogP contribution in [0.1, 0.15) is 27.6 Å². The number of carbonyl (C=O) groups is 1. The van der Waals surface area contributed by atoms with Gasteiger partial charge in [0.1, 0.15) is 18.5 Å². The third-order valence-electron chi connectivity index (χ3n) is 3.51. The van der Waals surface area contributed by atoms with Crippen molar-refractivity contribution in [2.45, 2.75) is 12.5 Å². The molecule has 0 saturated carbocycles. The van der Waals surface area contributed by atoms with Crippen LogP contribution in [0.25, 0.3) is 0 Å². The molecule has 2 aromatic carbocycles. The van der Waals surface area contributed by atoms with Crippen LogP contribution in [0.2, 0.25) is 0 Å². The maximum Gasteiger partial charge on any atom is 0.339 e. The highest BCUT2D eigenvalue weighted by atomic mass is 16.5. The molecule has 0 spiro atoms. The average molecular weight is 280 g/mol. The zero-order chi connectivity index (χ0) is 14.7. The number of fused-ring (bicyclic) bond motifs is 1. The molecule has 0 N–H and O–H groups in total. The van der Waals surface area contributed by atoms with E-state index in [1.807, 2.05) is 42.5 Å². The molecule has 3 heteroatoms. The third-order valence-corrected chi connectivity index (χ3v) is 3.51. The molecule has 3 rings (SSSR count). The van der Waals surface area contributed by atoms with Crippen LogP contribution in [-0.2, 0) is 11.2 Å². The maximum atomic E-state index is 12.1. The van der Waals surface area contributed by atoms with Gasteiger partial charge in [0.15, 0.2) is 0 Å². The number of benzene rings is 2. The van der Waals surface area contributed by atoms with Gasteiger partial charge in [0.2, 0.25) is 0 Å². The Morgan fingerprint density at radius 2 is 1.95 bits per heavy atom. The summed E-state index contributed by atoms with van der Waals surface area (Å²) < 4.78 is 11.2. The lowest BCUT2D eigenvalue weighted by Gasteiger charge is -2.26. The van der Waals surface area contributed by atoms with E-state index in [1.54, 1.807) is 12.1 Å². The first-order chi connectivity index (χ1) is 10.3. The summed E-state index contributed by atoms with van der Waals surface area (Å²) in [7, 11) is 0. The number of hydrogen-bond acceptors (Lipinski definition) is 3. The van der Waals surface area contributed by atoms with Gasteiger partial charge < -0.3 is 9.47 Å². The molecule has 2 aromatic rings. The lowest BCUT2D eigenvalue weighted by Crippen LogP contribution is -2.22. The third kappa shape index (κ3) is 2.68. The molecule has 0 amide bonds. The smallest absolute Gasteiger partial charge is 0.339 e. The molecule has 0 aliphatic carbocycles. The van der Waals surface area contributed by atoms with Crippen molar-refractivity contribution >= 4 is 5.97 Å². The molecular formula is C18H16O3. The van der Waals surface area contributed by atoms with Crippen molar-refractivity contribution in [1.82, 2.24) is 0 Å². The van der Waals surface area contributed by atoms with Crippen LogP contribution in [-0.4, -0.2) is 12.6 Å². The van der Waals surface area contributed by atoms with Crippen LogP contribution in [0.5, 0.6) is 5.75 Å². The van der Waals surface area contributed by atoms with E-state index in [-0.39, 0.29) is 12.1 Å². The second-order valence-corrected chi connectivity index (χ2v) is 4.89. The molecule has 0 radical (unpaired) electrons. The van der Waals surface area contributed by atoms with Crippen LogP contribution in [0.15, 0.2) is 61.2 Å². The average Bonchev–Trinajstić information content (AvgIpc) is 2.53. The molecule has 0 saturated heterocycles. The van der Waals surface area contributed by atoms with Crippen LogP contribution >= 0.6 is 0 Å². The van der Waals surface area contributed by atoms with Crippen molar-refractivity contribution in [2.24, 2.45) is 0 Å². The Kier molecular flexibility index (Phi) is 3.73. The van der Waals surface area contributed by atoms with Gasteiger partial charge in [0.05, 0.1) is 5.56 Å². The quantitative estimate of drug-likeness (QED) is 0.632. The number of carbonyl (C=O) groups excluding carboxylic acids is 1. The minimum absolute atomic E-state index is 0.277. The maximum absolute atomic E-state index is 12.1. The molecule has 3 nitrogen and oxygen atoms in total. The SMILES string of the molecule is C=CCOc1ccccc1C1Cc2ccccc2C(=O)O1. The molecule has 1 atom stereocenters. The summed E-state index contributed by atoms with van der Waals surface area (Å²) in [5.74, 6) is 0.454. The van der Waals surface area contributed by atoms with Gasteiger partial charge in [-0.05, 0) is 17.7 Å². The van der Waals surface area contributed by atoms with Crippen molar-refractivity contribution in [1.29, 1.82) is 0 Å². The zero-order valence-electron chi connectivity index (χ0n) is 11.6. The zero-order valence-corrected chi connectivity index (χ0v) is 11.6. The lowest BCUT2D eigenvalue weighted by molar-refractivity contribution is 0.0247. The predicted octanol–water partition coefficient (Wildman–Crippen LogP) is 3.71. The van der Waals surface area contributed by atoms with Gasteiger partial charge in [-0.3, -0.25) is 0 Å². The van der Waals surface area contributed by atoms with E-state index in [0.717, 1.165) is 16.9 Å². The van der Waals surface area contributed by atoms with E-state index in [0.29, 0.717) is 18.6 Å². The number of esters is 1. The van der Waals surface area contributed by atoms with E-state index in [9.17, 15) is 4.79 Å². The van der Waals surface area contributed by atoms with Gasteiger partial charge >= 0.3 is 5.97 Å². The van der Waals surface area contributed by atoms with Crippen molar-refractivity contribution in [3.05, 3.63) is 77.9 Å². The Balaban J connectivity index is 1.92. The Morgan fingerprint density at radius 3 is 2.81 bits per heavy atom. The monoisotopic (exact) mass is 280 g/mol. The van der Waals surface area contributed by atoms with Crippen LogP contribution in [0.4, 0.5) is 0 Å². The molecule has 1 unspecified atom stereocenters. The second-order valence-electron chi connectivity index (χ2n) is 4.89. The fraction of sp³-hybridized carbons (Fsp3) is 0.167. The fourth-order valence-electron chi connectivity index (χ4n) is 2.53. The van der Waals surface area contributed by atoms with E-state index in [2.05, 4.69) is 6.58 Å². The summed E-state index contributed by atoms with van der Waals surface area (Å²) in [6.07, 6.45) is 2.04.